The molecule has 2 aliphatic carbocycles. The SMILES string of the molecule is Cc1ccc([N+](=O)[O-])cc1C(=O)NC1CC(N(CC(=O)O)CC2CC2)C1. The van der Waals surface area contributed by atoms with E-state index in [0.29, 0.717) is 29.9 Å². The zero-order chi connectivity index (χ0) is 18.8. The zero-order valence-corrected chi connectivity index (χ0v) is 14.7. The second kappa shape index (κ2) is 7.41. The Morgan fingerprint density at radius 2 is 2.04 bits per heavy atom. The van der Waals surface area contributed by atoms with Crippen LogP contribution in [0.1, 0.15) is 41.6 Å². The number of carbonyl (C=O) groups is 2. The Morgan fingerprint density at radius 3 is 2.62 bits per heavy atom. The fourth-order valence-corrected chi connectivity index (χ4v) is 3.38. The van der Waals surface area contributed by atoms with Crippen molar-refractivity contribution in [1.82, 2.24) is 10.2 Å². The lowest BCUT2D eigenvalue weighted by Crippen LogP contribution is -2.55. The van der Waals surface area contributed by atoms with E-state index in [9.17, 15) is 19.7 Å². The van der Waals surface area contributed by atoms with Crippen molar-refractivity contribution >= 4 is 17.6 Å². The monoisotopic (exact) mass is 361 g/mol. The predicted octanol–water partition coefficient (Wildman–Crippen LogP) is 1.96. The van der Waals surface area contributed by atoms with Crippen molar-refractivity contribution < 1.29 is 19.6 Å². The maximum absolute atomic E-state index is 12.4. The highest BCUT2D eigenvalue weighted by Crippen LogP contribution is 2.34. The number of aliphatic carboxylic acids is 1. The van der Waals surface area contributed by atoms with Gasteiger partial charge in [0.1, 0.15) is 0 Å². The number of aryl methyl sites for hydroxylation is 1. The Balaban J connectivity index is 1.56. The molecule has 0 spiro atoms. The topological polar surface area (TPSA) is 113 Å². The summed E-state index contributed by atoms with van der Waals surface area (Å²) in [6.45, 7) is 2.58. The van der Waals surface area contributed by atoms with Gasteiger partial charge in [0.15, 0.2) is 0 Å². The second-order valence-corrected chi connectivity index (χ2v) is 7.32. The van der Waals surface area contributed by atoms with Crippen molar-refractivity contribution in [2.45, 2.75) is 44.7 Å². The van der Waals surface area contributed by atoms with Gasteiger partial charge in [-0.1, -0.05) is 6.07 Å². The largest absolute Gasteiger partial charge is 0.480 e. The highest BCUT2D eigenvalue weighted by Gasteiger charge is 2.38. The minimum absolute atomic E-state index is 0.0262. The smallest absolute Gasteiger partial charge is 0.317 e. The third kappa shape index (κ3) is 4.37. The van der Waals surface area contributed by atoms with Gasteiger partial charge in [-0.2, -0.15) is 0 Å². The Labute approximate surface area is 151 Å². The summed E-state index contributed by atoms with van der Waals surface area (Å²) < 4.78 is 0. The number of nitrogens with one attached hydrogen (secondary N) is 1. The summed E-state index contributed by atoms with van der Waals surface area (Å²) in [5.41, 5.74) is 0.887. The molecule has 1 amide bonds. The fourth-order valence-electron chi connectivity index (χ4n) is 3.38. The molecule has 0 aromatic heterocycles. The third-order valence-electron chi connectivity index (χ3n) is 5.17. The van der Waals surface area contributed by atoms with Gasteiger partial charge in [-0.05, 0) is 44.1 Å². The molecule has 26 heavy (non-hydrogen) atoms. The number of carboxylic acids is 1. The van der Waals surface area contributed by atoms with E-state index in [0.717, 1.165) is 19.4 Å². The van der Waals surface area contributed by atoms with Gasteiger partial charge >= 0.3 is 5.97 Å². The first kappa shape index (κ1) is 18.3. The number of amides is 1. The molecule has 0 aliphatic heterocycles. The van der Waals surface area contributed by atoms with Crippen LogP contribution in [0.25, 0.3) is 0 Å². The molecule has 8 heteroatoms. The van der Waals surface area contributed by atoms with Gasteiger partial charge in [-0.15, -0.1) is 0 Å². The number of rotatable bonds is 8. The standard InChI is InChI=1S/C18H23N3O5/c1-11-2-5-14(21(25)26)8-16(11)18(24)19-13-6-15(7-13)20(10-17(22)23)9-12-3-4-12/h2,5,8,12-13,15H,3-4,6-7,9-10H2,1H3,(H,19,24)(H,22,23). The van der Waals surface area contributed by atoms with Gasteiger partial charge in [0.05, 0.1) is 11.5 Å². The van der Waals surface area contributed by atoms with Crippen LogP contribution in [0, 0.1) is 23.0 Å². The third-order valence-corrected chi connectivity index (χ3v) is 5.17. The van der Waals surface area contributed by atoms with Gasteiger partial charge in [0.25, 0.3) is 11.6 Å². The van der Waals surface area contributed by atoms with Gasteiger partial charge in [-0.3, -0.25) is 24.6 Å². The van der Waals surface area contributed by atoms with Crippen LogP contribution in [-0.4, -0.2) is 52.0 Å². The van der Waals surface area contributed by atoms with Crippen LogP contribution in [0.15, 0.2) is 18.2 Å². The Kier molecular flexibility index (Phi) is 5.22. The second-order valence-electron chi connectivity index (χ2n) is 7.32. The molecule has 2 saturated carbocycles. The van der Waals surface area contributed by atoms with Crippen molar-refractivity contribution in [2.75, 3.05) is 13.1 Å². The van der Waals surface area contributed by atoms with Crippen molar-refractivity contribution in [3.05, 3.63) is 39.4 Å². The van der Waals surface area contributed by atoms with E-state index in [2.05, 4.69) is 5.32 Å². The molecule has 1 aromatic carbocycles. The molecular weight excluding hydrogens is 338 g/mol. The summed E-state index contributed by atoms with van der Waals surface area (Å²) >= 11 is 0. The lowest BCUT2D eigenvalue weighted by atomic mass is 9.85. The number of nitrogens with zero attached hydrogens (tertiary/aromatic N) is 2. The van der Waals surface area contributed by atoms with Crippen LogP contribution < -0.4 is 5.32 Å². The molecule has 2 fully saturated rings. The van der Waals surface area contributed by atoms with Crippen molar-refractivity contribution in [3.8, 4) is 0 Å². The lowest BCUT2D eigenvalue weighted by molar-refractivity contribution is -0.384. The molecule has 0 radical (unpaired) electrons. The highest BCUT2D eigenvalue weighted by atomic mass is 16.6. The van der Waals surface area contributed by atoms with Gasteiger partial charge in [0, 0.05) is 36.3 Å². The van der Waals surface area contributed by atoms with E-state index in [4.69, 9.17) is 5.11 Å². The van der Waals surface area contributed by atoms with Crippen LogP contribution in [0.5, 0.6) is 0 Å². The number of benzene rings is 1. The quantitative estimate of drug-likeness (QED) is 0.541. The molecular formula is C18H23N3O5. The maximum Gasteiger partial charge on any atom is 0.317 e. The summed E-state index contributed by atoms with van der Waals surface area (Å²) in [7, 11) is 0. The van der Waals surface area contributed by atoms with E-state index < -0.39 is 10.9 Å². The van der Waals surface area contributed by atoms with Crippen LogP contribution in [0.4, 0.5) is 5.69 Å². The minimum Gasteiger partial charge on any atom is -0.480 e. The predicted molar refractivity (Wildman–Crippen MR) is 94.0 cm³/mol. The van der Waals surface area contributed by atoms with E-state index in [1.807, 2.05) is 4.90 Å². The average Bonchev–Trinajstić information content (AvgIpc) is 3.33. The molecule has 0 heterocycles. The van der Waals surface area contributed by atoms with Crippen LogP contribution in [-0.2, 0) is 4.79 Å². The Bertz CT molecular complexity index is 726. The Morgan fingerprint density at radius 1 is 1.35 bits per heavy atom. The number of carbonyl (C=O) groups excluding carboxylic acids is 1. The number of non-ortho nitro benzene ring substituents is 1. The summed E-state index contributed by atoms with van der Waals surface area (Å²) in [6, 6.07) is 4.39. The van der Waals surface area contributed by atoms with Gasteiger partial charge < -0.3 is 10.4 Å². The molecule has 0 atom stereocenters. The number of nitro groups is 1. The zero-order valence-electron chi connectivity index (χ0n) is 14.7. The van der Waals surface area contributed by atoms with Crippen molar-refractivity contribution in [1.29, 1.82) is 0 Å². The summed E-state index contributed by atoms with van der Waals surface area (Å²) in [4.78, 5) is 35.9. The normalized spacial score (nSPS) is 21.9. The molecule has 0 unspecified atom stereocenters. The first-order chi connectivity index (χ1) is 12.3. The molecule has 2 aliphatic rings. The molecule has 2 N–H and O–H groups in total. The minimum atomic E-state index is -0.828. The summed E-state index contributed by atoms with van der Waals surface area (Å²) in [5.74, 6) is -0.539. The van der Waals surface area contributed by atoms with Crippen molar-refractivity contribution in [3.63, 3.8) is 0 Å². The first-order valence-electron chi connectivity index (χ1n) is 8.85. The van der Waals surface area contributed by atoms with Crippen molar-refractivity contribution in [2.24, 2.45) is 5.92 Å². The van der Waals surface area contributed by atoms with E-state index in [1.54, 1.807) is 13.0 Å². The van der Waals surface area contributed by atoms with E-state index in [-0.39, 0.29) is 30.2 Å². The number of hydrogen-bond donors (Lipinski definition) is 2. The van der Waals surface area contributed by atoms with Gasteiger partial charge in [-0.25, -0.2) is 0 Å². The molecule has 3 rings (SSSR count). The fraction of sp³-hybridized carbons (Fsp3) is 0.556. The average molecular weight is 361 g/mol. The summed E-state index contributed by atoms with van der Waals surface area (Å²) in [6.07, 6.45) is 3.74. The lowest BCUT2D eigenvalue weighted by Gasteiger charge is -2.42. The van der Waals surface area contributed by atoms with Crippen LogP contribution in [0.3, 0.4) is 0 Å². The molecule has 140 valence electrons. The Hall–Kier alpha value is -2.48. The molecule has 1 aromatic rings. The first-order valence-corrected chi connectivity index (χ1v) is 8.85. The number of carboxylic acid groups (broad SMARTS) is 1. The number of hydrogen-bond acceptors (Lipinski definition) is 5. The van der Waals surface area contributed by atoms with Crippen LogP contribution in [0.2, 0.25) is 0 Å². The van der Waals surface area contributed by atoms with E-state index in [1.165, 1.54) is 12.1 Å². The molecule has 0 saturated heterocycles. The highest BCUT2D eigenvalue weighted by molar-refractivity contribution is 5.96. The molecule has 8 nitrogen and oxygen atoms in total. The van der Waals surface area contributed by atoms with E-state index >= 15 is 0 Å². The molecule has 0 bridgehead atoms. The van der Waals surface area contributed by atoms with Crippen LogP contribution >= 0.6 is 0 Å². The van der Waals surface area contributed by atoms with Gasteiger partial charge in [0.2, 0.25) is 0 Å². The summed E-state index contributed by atoms with van der Waals surface area (Å²) in [5, 5.41) is 22.9. The maximum atomic E-state index is 12.4. The number of nitro benzene ring substituents is 1.